The first-order chi connectivity index (χ1) is 12.3. The van der Waals surface area contributed by atoms with E-state index in [0.717, 1.165) is 24.2 Å². The summed E-state index contributed by atoms with van der Waals surface area (Å²) >= 11 is 0. The van der Waals surface area contributed by atoms with E-state index in [0.29, 0.717) is 17.7 Å². The number of benzene rings is 2. The Bertz CT molecular complexity index is 832. The van der Waals surface area contributed by atoms with Gasteiger partial charge in [0.15, 0.2) is 0 Å². The van der Waals surface area contributed by atoms with Crippen molar-refractivity contribution < 1.29 is 9.59 Å². The highest BCUT2D eigenvalue weighted by atomic mass is 16.2. The fourth-order valence-corrected chi connectivity index (χ4v) is 3.21. The molecule has 3 rings (SSSR count). The summed E-state index contributed by atoms with van der Waals surface area (Å²) in [5.41, 5.74) is 4.50. The average Bonchev–Trinajstić information content (AvgIpc) is 3.02. The van der Waals surface area contributed by atoms with Gasteiger partial charge in [0, 0.05) is 29.9 Å². The summed E-state index contributed by atoms with van der Waals surface area (Å²) in [6, 6.07) is 13.4. The molecule has 26 heavy (non-hydrogen) atoms. The van der Waals surface area contributed by atoms with Crippen LogP contribution in [0, 0.1) is 6.92 Å². The van der Waals surface area contributed by atoms with Crippen LogP contribution < -0.4 is 10.2 Å². The Balaban J connectivity index is 1.78. The van der Waals surface area contributed by atoms with Gasteiger partial charge in [-0.2, -0.15) is 0 Å². The van der Waals surface area contributed by atoms with Crippen molar-refractivity contribution in [2.24, 2.45) is 0 Å². The van der Waals surface area contributed by atoms with Gasteiger partial charge < -0.3 is 10.2 Å². The highest BCUT2D eigenvalue weighted by Gasteiger charge is 2.23. The Kier molecular flexibility index (Phi) is 4.86. The van der Waals surface area contributed by atoms with E-state index >= 15 is 0 Å². The molecule has 0 atom stereocenters. The lowest BCUT2D eigenvalue weighted by Gasteiger charge is -2.20. The molecule has 0 saturated carbocycles. The molecule has 136 valence electrons. The molecule has 0 unspecified atom stereocenters. The standard InChI is InChI=1S/C22H26N2O2/c1-15-7-12-18(14-19(15)24-13-5-6-20(24)25)23-21(26)16-8-10-17(11-9-16)22(2,3)4/h7-12,14H,5-6,13H2,1-4H3,(H,23,26). The van der Waals surface area contributed by atoms with Crippen LogP contribution in [0.5, 0.6) is 0 Å². The zero-order valence-corrected chi connectivity index (χ0v) is 15.9. The molecule has 0 aromatic heterocycles. The number of nitrogens with zero attached hydrogens (tertiary/aromatic N) is 1. The van der Waals surface area contributed by atoms with E-state index in [2.05, 4.69) is 26.1 Å². The number of hydrogen-bond acceptors (Lipinski definition) is 2. The van der Waals surface area contributed by atoms with Gasteiger partial charge in [-0.25, -0.2) is 0 Å². The maximum absolute atomic E-state index is 12.6. The van der Waals surface area contributed by atoms with Crippen molar-refractivity contribution in [1.29, 1.82) is 0 Å². The number of carbonyl (C=O) groups excluding carboxylic acids is 2. The largest absolute Gasteiger partial charge is 0.322 e. The van der Waals surface area contributed by atoms with Crippen LogP contribution in [0.3, 0.4) is 0 Å². The monoisotopic (exact) mass is 350 g/mol. The molecule has 4 heteroatoms. The van der Waals surface area contributed by atoms with Gasteiger partial charge >= 0.3 is 0 Å². The fraction of sp³-hybridized carbons (Fsp3) is 0.364. The van der Waals surface area contributed by atoms with Crippen LogP contribution in [-0.4, -0.2) is 18.4 Å². The molecule has 2 amide bonds. The van der Waals surface area contributed by atoms with E-state index < -0.39 is 0 Å². The van der Waals surface area contributed by atoms with Crippen molar-refractivity contribution in [1.82, 2.24) is 0 Å². The van der Waals surface area contributed by atoms with Crippen LogP contribution in [0.2, 0.25) is 0 Å². The second kappa shape index (κ2) is 6.94. The Morgan fingerprint density at radius 2 is 1.77 bits per heavy atom. The van der Waals surface area contributed by atoms with Crippen LogP contribution in [0.25, 0.3) is 0 Å². The third kappa shape index (κ3) is 3.79. The van der Waals surface area contributed by atoms with Gasteiger partial charge in [0.05, 0.1) is 0 Å². The van der Waals surface area contributed by atoms with Crippen LogP contribution in [0.4, 0.5) is 11.4 Å². The summed E-state index contributed by atoms with van der Waals surface area (Å²) in [6.07, 6.45) is 1.48. The third-order valence-electron chi connectivity index (χ3n) is 4.84. The second-order valence-corrected chi connectivity index (χ2v) is 7.93. The van der Waals surface area contributed by atoms with Gasteiger partial charge in [0.1, 0.15) is 0 Å². The van der Waals surface area contributed by atoms with Crippen LogP contribution in [-0.2, 0) is 10.2 Å². The van der Waals surface area contributed by atoms with Crippen molar-refractivity contribution in [3.05, 3.63) is 59.2 Å². The quantitative estimate of drug-likeness (QED) is 0.874. The molecule has 1 N–H and O–H groups in total. The van der Waals surface area contributed by atoms with Crippen molar-refractivity contribution in [3.63, 3.8) is 0 Å². The third-order valence-corrected chi connectivity index (χ3v) is 4.84. The number of nitrogens with one attached hydrogen (secondary N) is 1. The molecular formula is C22H26N2O2. The Morgan fingerprint density at radius 1 is 1.08 bits per heavy atom. The number of anilines is 2. The van der Waals surface area contributed by atoms with E-state index in [1.807, 2.05) is 54.3 Å². The number of aryl methyl sites for hydroxylation is 1. The predicted octanol–water partition coefficient (Wildman–Crippen LogP) is 4.67. The van der Waals surface area contributed by atoms with E-state index in [9.17, 15) is 9.59 Å². The predicted molar refractivity (Wildman–Crippen MR) is 106 cm³/mol. The first kappa shape index (κ1) is 18.2. The minimum absolute atomic E-state index is 0.0587. The normalized spacial score (nSPS) is 14.6. The van der Waals surface area contributed by atoms with Gasteiger partial charge in [-0.1, -0.05) is 39.0 Å². The molecule has 1 saturated heterocycles. The summed E-state index contributed by atoms with van der Waals surface area (Å²) in [4.78, 5) is 26.4. The molecule has 1 fully saturated rings. The summed E-state index contributed by atoms with van der Waals surface area (Å²) in [7, 11) is 0. The van der Waals surface area contributed by atoms with E-state index in [-0.39, 0.29) is 17.2 Å². The van der Waals surface area contributed by atoms with Gasteiger partial charge in [-0.3, -0.25) is 9.59 Å². The maximum atomic E-state index is 12.6. The molecule has 0 bridgehead atoms. The molecule has 2 aromatic rings. The van der Waals surface area contributed by atoms with Gasteiger partial charge in [-0.15, -0.1) is 0 Å². The van der Waals surface area contributed by atoms with Crippen LogP contribution in [0.1, 0.15) is 55.1 Å². The number of hydrogen-bond donors (Lipinski definition) is 1. The highest BCUT2D eigenvalue weighted by Crippen LogP contribution is 2.28. The highest BCUT2D eigenvalue weighted by molar-refractivity contribution is 6.05. The fourth-order valence-electron chi connectivity index (χ4n) is 3.21. The summed E-state index contributed by atoms with van der Waals surface area (Å²) in [6.45, 7) is 9.17. The zero-order chi connectivity index (χ0) is 18.9. The molecule has 1 aliphatic heterocycles. The van der Waals surface area contributed by atoms with Crippen molar-refractivity contribution in [2.45, 2.75) is 46.0 Å². The molecule has 0 aliphatic carbocycles. The first-order valence-electron chi connectivity index (χ1n) is 9.08. The second-order valence-electron chi connectivity index (χ2n) is 7.93. The van der Waals surface area contributed by atoms with Crippen LogP contribution in [0.15, 0.2) is 42.5 Å². The van der Waals surface area contributed by atoms with E-state index in [1.165, 1.54) is 5.56 Å². The first-order valence-corrected chi connectivity index (χ1v) is 9.08. The van der Waals surface area contributed by atoms with Gasteiger partial charge in [-0.05, 0) is 54.2 Å². The van der Waals surface area contributed by atoms with E-state index in [1.54, 1.807) is 0 Å². The van der Waals surface area contributed by atoms with Gasteiger partial charge in [0.25, 0.3) is 5.91 Å². The SMILES string of the molecule is Cc1ccc(NC(=O)c2ccc(C(C)(C)C)cc2)cc1N1CCCC1=O. The van der Waals surface area contributed by atoms with Crippen molar-refractivity contribution in [3.8, 4) is 0 Å². The molecule has 2 aromatic carbocycles. The minimum Gasteiger partial charge on any atom is -0.322 e. The molecule has 1 aliphatic rings. The molecule has 1 heterocycles. The minimum atomic E-state index is -0.145. The lowest BCUT2D eigenvalue weighted by molar-refractivity contribution is -0.117. The summed E-state index contributed by atoms with van der Waals surface area (Å²) in [5.74, 6) is 0.00218. The Labute approximate surface area is 155 Å². The Morgan fingerprint density at radius 3 is 2.35 bits per heavy atom. The molecule has 0 spiro atoms. The topological polar surface area (TPSA) is 49.4 Å². The van der Waals surface area contributed by atoms with Crippen molar-refractivity contribution in [2.75, 3.05) is 16.8 Å². The lowest BCUT2D eigenvalue weighted by Crippen LogP contribution is -2.24. The number of carbonyl (C=O) groups is 2. The van der Waals surface area contributed by atoms with E-state index in [4.69, 9.17) is 0 Å². The molecular weight excluding hydrogens is 324 g/mol. The number of rotatable bonds is 3. The summed E-state index contributed by atoms with van der Waals surface area (Å²) in [5, 5.41) is 2.95. The van der Waals surface area contributed by atoms with Crippen molar-refractivity contribution >= 4 is 23.2 Å². The smallest absolute Gasteiger partial charge is 0.255 e. The van der Waals surface area contributed by atoms with Crippen LogP contribution >= 0.6 is 0 Å². The average molecular weight is 350 g/mol. The molecule has 0 radical (unpaired) electrons. The lowest BCUT2D eigenvalue weighted by atomic mass is 9.87. The number of amides is 2. The molecule has 4 nitrogen and oxygen atoms in total. The zero-order valence-electron chi connectivity index (χ0n) is 15.9. The maximum Gasteiger partial charge on any atom is 0.255 e. The Hall–Kier alpha value is -2.62. The summed E-state index contributed by atoms with van der Waals surface area (Å²) < 4.78 is 0. The van der Waals surface area contributed by atoms with Gasteiger partial charge in [0.2, 0.25) is 5.91 Å².